The van der Waals surface area contributed by atoms with E-state index in [2.05, 4.69) is 5.32 Å². The fourth-order valence-electron chi connectivity index (χ4n) is 1.38. The van der Waals surface area contributed by atoms with Gasteiger partial charge < -0.3 is 10.1 Å². The molecule has 0 radical (unpaired) electrons. The van der Waals surface area contributed by atoms with E-state index in [0.717, 1.165) is 19.2 Å². The van der Waals surface area contributed by atoms with E-state index in [9.17, 15) is 8.78 Å². The molecule has 0 aromatic heterocycles. The van der Waals surface area contributed by atoms with Gasteiger partial charge in [0.2, 0.25) is 5.82 Å². The van der Waals surface area contributed by atoms with Crippen molar-refractivity contribution in [1.29, 1.82) is 0 Å². The first-order chi connectivity index (χ1) is 7.96. The highest BCUT2D eigenvalue weighted by atomic mass is 19.2. The van der Waals surface area contributed by atoms with Crippen LogP contribution >= 0.6 is 0 Å². The van der Waals surface area contributed by atoms with Gasteiger partial charge in [-0.05, 0) is 18.7 Å². The van der Waals surface area contributed by atoms with E-state index in [1.54, 1.807) is 0 Å². The summed E-state index contributed by atoms with van der Waals surface area (Å²) in [6, 6.07) is 3.94. The monoisotopic (exact) mass is 243 g/mol. The van der Waals surface area contributed by atoms with Gasteiger partial charge in [0.1, 0.15) is 0 Å². The minimum Gasteiger partial charge on any atom is -0.490 e. The lowest BCUT2D eigenvalue weighted by Crippen LogP contribution is -2.34. The third-order valence-electron chi connectivity index (χ3n) is 2.39. The summed E-state index contributed by atoms with van der Waals surface area (Å²) in [7, 11) is 0. The Morgan fingerprint density at radius 3 is 2.65 bits per heavy atom. The molecule has 96 valence electrons. The SMILES string of the molecule is CCNCC(C)(C)COc1cccc(F)c1F. The summed E-state index contributed by atoms with van der Waals surface area (Å²) in [6.07, 6.45) is 0. The molecule has 4 heteroatoms. The largest absolute Gasteiger partial charge is 0.490 e. The van der Waals surface area contributed by atoms with Crippen molar-refractivity contribution in [2.75, 3.05) is 19.7 Å². The highest BCUT2D eigenvalue weighted by Gasteiger charge is 2.19. The fraction of sp³-hybridized carbons (Fsp3) is 0.538. The second kappa shape index (κ2) is 5.96. The normalized spacial score (nSPS) is 11.6. The van der Waals surface area contributed by atoms with Crippen molar-refractivity contribution in [2.45, 2.75) is 20.8 Å². The molecule has 1 N–H and O–H groups in total. The van der Waals surface area contributed by atoms with E-state index in [1.165, 1.54) is 12.1 Å². The predicted octanol–water partition coefficient (Wildman–Crippen LogP) is 2.98. The van der Waals surface area contributed by atoms with Gasteiger partial charge in [-0.3, -0.25) is 0 Å². The van der Waals surface area contributed by atoms with Gasteiger partial charge in [0, 0.05) is 12.0 Å². The fourth-order valence-corrected chi connectivity index (χ4v) is 1.38. The van der Waals surface area contributed by atoms with Gasteiger partial charge in [-0.1, -0.05) is 26.8 Å². The van der Waals surface area contributed by atoms with Gasteiger partial charge >= 0.3 is 0 Å². The lowest BCUT2D eigenvalue weighted by molar-refractivity contribution is 0.170. The van der Waals surface area contributed by atoms with Gasteiger partial charge in [0.15, 0.2) is 11.6 Å². The molecule has 0 spiro atoms. The van der Waals surface area contributed by atoms with Crippen LogP contribution in [0.15, 0.2) is 18.2 Å². The smallest absolute Gasteiger partial charge is 0.200 e. The van der Waals surface area contributed by atoms with Crippen molar-refractivity contribution in [3.63, 3.8) is 0 Å². The lowest BCUT2D eigenvalue weighted by Gasteiger charge is -2.25. The maximum atomic E-state index is 13.3. The van der Waals surface area contributed by atoms with Gasteiger partial charge in [-0.2, -0.15) is 4.39 Å². The van der Waals surface area contributed by atoms with Crippen LogP contribution in [0.3, 0.4) is 0 Å². The molecule has 0 unspecified atom stereocenters. The summed E-state index contributed by atoms with van der Waals surface area (Å²) in [5.41, 5.74) is -0.130. The van der Waals surface area contributed by atoms with Crippen LogP contribution in [0.2, 0.25) is 0 Å². The van der Waals surface area contributed by atoms with Gasteiger partial charge in [0.25, 0.3) is 0 Å². The molecule has 1 aromatic carbocycles. The van der Waals surface area contributed by atoms with E-state index in [-0.39, 0.29) is 11.2 Å². The Hall–Kier alpha value is -1.16. The summed E-state index contributed by atoms with van der Waals surface area (Å²) in [6.45, 7) is 8.00. The molecular formula is C13H19F2NO. The maximum absolute atomic E-state index is 13.3. The molecular weight excluding hydrogens is 224 g/mol. The summed E-state index contributed by atoms with van der Waals surface area (Å²) < 4.78 is 31.6. The Morgan fingerprint density at radius 2 is 2.00 bits per heavy atom. The molecule has 0 atom stereocenters. The Bertz CT molecular complexity index is 366. The summed E-state index contributed by atoms with van der Waals surface area (Å²) in [4.78, 5) is 0. The standard InChI is InChI=1S/C13H19F2NO/c1-4-16-8-13(2,3)9-17-11-7-5-6-10(14)12(11)15/h5-7,16H,4,8-9H2,1-3H3. The van der Waals surface area contributed by atoms with Crippen molar-refractivity contribution in [3.8, 4) is 5.75 Å². The molecule has 0 aliphatic heterocycles. The van der Waals surface area contributed by atoms with Crippen LogP contribution in [0.5, 0.6) is 5.75 Å². The average Bonchev–Trinajstić information content (AvgIpc) is 2.29. The van der Waals surface area contributed by atoms with E-state index in [1.807, 2.05) is 20.8 Å². The van der Waals surface area contributed by atoms with Crippen LogP contribution < -0.4 is 10.1 Å². The zero-order valence-electron chi connectivity index (χ0n) is 10.5. The van der Waals surface area contributed by atoms with Crippen molar-refractivity contribution < 1.29 is 13.5 Å². The van der Waals surface area contributed by atoms with Crippen LogP contribution in [-0.2, 0) is 0 Å². The van der Waals surface area contributed by atoms with Gasteiger partial charge in [-0.25, -0.2) is 4.39 Å². The highest BCUT2D eigenvalue weighted by Crippen LogP contribution is 2.22. The molecule has 0 heterocycles. The molecule has 0 aliphatic rings. The van der Waals surface area contributed by atoms with Crippen molar-refractivity contribution >= 4 is 0 Å². The van der Waals surface area contributed by atoms with Crippen molar-refractivity contribution in [3.05, 3.63) is 29.8 Å². The Balaban J connectivity index is 2.58. The molecule has 0 fully saturated rings. The van der Waals surface area contributed by atoms with E-state index in [0.29, 0.717) is 6.61 Å². The second-order valence-corrected chi connectivity index (χ2v) is 4.79. The van der Waals surface area contributed by atoms with Gasteiger partial charge in [-0.15, -0.1) is 0 Å². The molecule has 1 aromatic rings. The van der Waals surface area contributed by atoms with E-state index < -0.39 is 11.6 Å². The zero-order valence-corrected chi connectivity index (χ0v) is 10.5. The number of rotatable bonds is 6. The Labute approximate surface area is 101 Å². The van der Waals surface area contributed by atoms with Crippen LogP contribution in [-0.4, -0.2) is 19.7 Å². The number of benzene rings is 1. The first kappa shape index (κ1) is 13.9. The number of halogens is 2. The highest BCUT2D eigenvalue weighted by molar-refractivity contribution is 5.25. The first-order valence-electron chi connectivity index (χ1n) is 5.74. The third kappa shape index (κ3) is 4.30. The Kier molecular flexibility index (Phi) is 4.87. The molecule has 0 aliphatic carbocycles. The zero-order chi connectivity index (χ0) is 12.9. The van der Waals surface area contributed by atoms with Crippen molar-refractivity contribution in [2.24, 2.45) is 5.41 Å². The van der Waals surface area contributed by atoms with Crippen LogP contribution in [0.4, 0.5) is 8.78 Å². The Morgan fingerprint density at radius 1 is 1.29 bits per heavy atom. The molecule has 17 heavy (non-hydrogen) atoms. The van der Waals surface area contributed by atoms with Crippen LogP contribution in [0.1, 0.15) is 20.8 Å². The summed E-state index contributed by atoms with van der Waals surface area (Å²) in [5, 5.41) is 3.20. The van der Waals surface area contributed by atoms with Gasteiger partial charge in [0.05, 0.1) is 6.61 Å². The topological polar surface area (TPSA) is 21.3 Å². The summed E-state index contributed by atoms with van der Waals surface area (Å²) in [5.74, 6) is -1.84. The molecule has 0 saturated heterocycles. The molecule has 0 saturated carbocycles. The minimum absolute atomic E-state index is 0.0328. The summed E-state index contributed by atoms with van der Waals surface area (Å²) >= 11 is 0. The third-order valence-corrected chi connectivity index (χ3v) is 2.39. The predicted molar refractivity (Wildman–Crippen MR) is 64.2 cm³/mol. The average molecular weight is 243 g/mol. The van der Waals surface area contributed by atoms with Crippen LogP contribution in [0, 0.1) is 17.0 Å². The number of hydrogen-bond donors (Lipinski definition) is 1. The first-order valence-corrected chi connectivity index (χ1v) is 5.74. The minimum atomic E-state index is -0.924. The molecule has 2 nitrogen and oxygen atoms in total. The second-order valence-electron chi connectivity index (χ2n) is 4.79. The van der Waals surface area contributed by atoms with E-state index >= 15 is 0 Å². The quantitative estimate of drug-likeness (QED) is 0.829. The molecule has 0 amide bonds. The number of ether oxygens (including phenoxy) is 1. The van der Waals surface area contributed by atoms with Crippen LogP contribution in [0.25, 0.3) is 0 Å². The maximum Gasteiger partial charge on any atom is 0.200 e. The lowest BCUT2D eigenvalue weighted by atomic mass is 9.95. The number of hydrogen-bond acceptors (Lipinski definition) is 2. The van der Waals surface area contributed by atoms with Crippen molar-refractivity contribution in [1.82, 2.24) is 5.32 Å². The molecule has 1 rings (SSSR count). The van der Waals surface area contributed by atoms with E-state index in [4.69, 9.17) is 4.74 Å². The molecule has 0 bridgehead atoms. The number of nitrogens with one attached hydrogen (secondary N) is 1.